The number of aromatic nitrogens is 2. The number of aryl methyl sites for hydroxylation is 1. The highest BCUT2D eigenvalue weighted by atomic mass is 32.2. The molecule has 9 heteroatoms. The average molecular weight is 463 g/mol. The van der Waals surface area contributed by atoms with E-state index in [1.807, 2.05) is 6.92 Å². The maximum Gasteiger partial charge on any atom is 0.276 e. The SMILES string of the molecule is CCCn1nc(C(=O)Nc2ccc(S(=O)(=O)Nc3ccccc3)cc2)c2ccccc2c1=O. The molecule has 0 saturated heterocycles. The number of hydrogen-bond acceptors (Lipinski definition) is 5. The van der Waals surface area contributed by atoms with Crippen molar-refractivity contribution >= 4 is 38.1 Å². The zero-order chi connectivity index (χ0) is 23.4. The minimum Gasteiger partial charge on any atom is -0.321 e. The number of rotatable bonds is 7. The number of para-hydroxylation sites is 1. The Morgan fingerprint density at radius 1 is 0.879 bits per heavy atom. The van der Waals surface area contributed by atoms with Crippen LogP contribution in [0.25, 0.3) is 10.8 Å². The molecular formula is C24H22N4O4S. The Hall–Kier alpha value is -3.98. The van der Waals surface area contributed by atoms with Crippen LogP contribution in [0.15, 0.2) is 88.6 Å². The molecule has 0 fully saturated rings. The van der Waals surface area contributed by atoms with Gasteiger partial charge in [0.15, 0.2) is 5.69 Å². The Morgan fingerprint density at radius 2 is 1.52 bits per heavy atom. The molecule has 1 aromatic heterocycles. The van der Waals surface area contributed by atoms with Gasteiger partial charge in [0, 0.05) is 23.3 Å². The summed E-state index contributed by atoms with van der Waals surface area (Å²) in [6, 6.07) is 21.2. The molecule has 0 unspecified atom stereocenters. The molecule has 168 valence electrons. The lowest BCUT2D eigenvalue weighted by Crippen LogP contribution is -2.27. The van der Waals surface area contributed by atoms with Crippen LogP contribution in [0.4, 0.5) is 11.4 Å². The molecule has 0 saturated carbocycles. The van der Waals surface area contributed by atoms with Crippen LogP contribution >= 0.6 is 0 Å². The minimum atomic E-state index is -3.77. The van der Waals surface area contributed by atoms with Crippen molar-refractivity contribution in [1.82, 2.24) is 9.78 Å². The van der Waals surface area contributed by atoms with Crippen molar-refractivity contribution in [2.75, 3.05) is 10.0 Å². The molecule has 0 spiro atoms. The van der Waals surface area contributed by atoms with Gasteiger partial charge in [0.1, 0.15) is 0 Å². The van der Waals surface area contributed by atoms with E-state index in [0.29, 0.717) is 35.1 Å². The Balaban J connectivity index is 1.59. The highest BCUT2D eigenvalue weighted by Gasteiger charge is 2.18. The molecule has 8 nitrogen and oxygen atoms in total. The summed E-state index contributed by atoms with van der Waals surface area (Å²) < 4.78 is 29.0. The number of sulfonamides is 1. The van der Waals surface area contributed by atoms with Gasteiger partial charge in [0.05, 0.1) is 10.3 Å². The summed E-state index contributed by atoms with van der Waals surface area (Å²) in [6.45, 7) is 2.32. The third-order valence-corrected chi connectivity index (χ3v) is 6.36. The van der Waals surface area contributed by atoms with Crippen LogP contribution < -0.4 is 15.6 Å². The molecule has 33 heavy (non-hydrogen) atoms. The van der Waals surface area contributed by atoms with E-state index in [-0.39, 0.29) is 16.1 Å². The molecule has 4 aromatic rings. The van der Waals surface area contributed by atoms with Gasteiger partial charge in [-0.05, 0) is 48.9 Å². The smallest absolute Gasteiger partial charge is 0.276 e. The summed E-state index contributed by atoms with van der Waals surface area (Å²) in [6.07, 6.45) is 0.694. The van der Waals surface area contributed by atoms with Crippen molar-refractivity contribution in [3.63, 3.8) is 0 Å². The van der Waals surface area contributed by atoms with E-state index in [4.69, 9.17) is 0 Å². The molecule has 3 aromatic carbocycles. The van der Waals surface area contributed by atoms with Crippen molar-refractivity contribution in [2.45, 2.75) is 24.8 Å². The fourth-order valence-electron chi connectivity index (χ4n) is 3.39. The summed E-state index contributed by atoms with van der Waals surface area (Å²) >= 11 is 0. The van der Waals surface area contributed by atoms with Crippen LogP contribution in [0.5, 0.6) is 0 Å². The van der Waals surface area contributed by atoms with Crippen LogP contribution in [0.2, 0.25) is 0 Å². The number of anilines is 2. The monoisotopic (exact) mass is 462 g/mol. The number of benzene rings is 3. The van der Waals surface area contributed by atoms with Gasteiger partial charge in [-0.15, -0.1) is 0 Å². The minimum absolute atomic E-state index is 0.0597. The zero-order valence-electron chi connectivity index (χ0n) is 17.9. The standard InChI is InChI=1S/C24H22N4O4S/c1-2-16-28-24(30)21-11-7-6-10-20(21)22(26-28)23(29)25-17-12-14-19(15-13-17)33(31,32)27-18-8-4-3-5-9-18/h3-15,27H,2,16H2,1H3,(H,25,29). The maximum atomic E-state index is 13.0. The molecule has 4 rings (SSSR count). The third-order valence-electron chi connectivity index (χ3n) is 4.97. The second kappa shape index (κ2) is 9.25. The van der Waals surface area contributed by atoms with Crippen LogP contribution in [-0.2, 0) is 16.6 Å². The number of fused-ring (bicyclic) bond motifs is 1. The average Bonchev–Trinajstić information content (AvgIpc) is 2.82. The van der Waals surface area contributed by atoms with Gasteiger partial charge in [-0.1, -0.05) is 43.3 Å². The number of nitrogens with one attached hydrogen (secondary N) is 2. The van der Waals surface area contributed by atoms with Crippen molar-refractivity contribution in [3.8, 4) is 0 Å². The van der Waals surface area contributed by atoms with Gasteiger partial charge >= 0.3 is 0 Å². The number of nitrogens with zero attached hydrogens (tertiary/aromatic N) is 2. The summed E-state index contributed by atoms with van der Waals surface area (Å²) in [5.41, 5.74) is 0.735. The number of hydrogen-bond donors (Lipinski definition) is 2. The first-order valence-electron chi connectivity index (χ1n) is 10.4. The van der Waals surface area contributed by atoms with Gasteiger partial charge in [-0.25, -0.2) is 13.1 Å². The lowest BCUT2D eigenvalue weighted by molar-refractivity contribution is 0.102. The first kappa shape index (κ1) is 22.2. The summed E-state index contributed by atoms with van der Waals surface area (Å²) in [5, 5.41) is 7.88. The van der Waals surface area contributed by atoms with Gasteiger partial charge < -0.3 is 5.32 Å². The van der Waals surface area contributed by atoms with Gasteiger partial charge in [0.2, 0.25) is 0 Å². The normalized spacial score (nSPS) is 11.3. The zero-order valence-corrected chi connectivity index (χ0v) is 18.7. The molecule has 1 amide bonds. The molecule has 0 aliphatic rings. The fourth-order valence-corrected chi connectivity index (χ4v) is 4.45. The van der Waals surface area contributed by atoms with Crippen molar-refractivity contribution < 1.29 is 13.2 Å². The van der Waals surface area contributed by atoms with Crippen molar-refractivity contribution in [1.29, 1.82) is 0 Å². The van der Waals surface area contributed by atoms with Crippen LogP contribution in [0.3, 0.4) is 0 Å². The van der Waals surface area contributed by atoms with E-state index in [9.17, 15) is 18.0 Å². The first-order valence-corrected chi connectivity index (χ1v) is 11.9. The summed E-state index contributed by atoms with van der Waals surface area (Å²) in [7, 11) is -3.77. The maximum absolute atomic E-state index is 13.0. The Labute approximate surface area is 190 Å². The van der Waals surface area contributed by atoms with E-state index in [0.717, 1.165) is 0 Å². The quantitative estimate of drug-likeness (QED) is 0.433. The lowest BCUT2D eigenvalue weighted by atomic mass is 10.1. The molecule has 0 aliphatic carbocycles. The summed E-state index contributed by atoms with van der Waals surface area (Å²) in [5.74, 6) is -0.492. The van der Waals surface area contributed by atoms with Crippen LogP contribution in [0, 0.1) is 0 Å². The number of carbonyl (C=O) groups is 1. The van der Waals surface area contributed by atoms with E-state index in [2.05, 4.69) is 15.1 Å². The molecular weight excluding hydrogens is 440 g/mol. The highest BCUT2D eigenvalue weighted by Crippen LogP contribution is 2.20. The first-order chi connectivity index (χ1) is 15.9. The van der Waals surface area contributed by atoms with Crippen molar-refractivity contribution in [3.05, 3.63) is 94.9 Å². The molecule has 1 heterocycles. The number of amides is 1. The Bertz CT molecular complexity index is 1460. The van der Waals surface area contributed by atoms with E-state index >= 15 is 0 Å². The summed E-state index contributed by atoms with van der Waals surface area (Å²) in [4.78, 5) is 25.7. The fraction of sp³-hybridized carbons (Fsp3) is 0.125. The van der Waals surface area contributed by atoms with Gasteiger partial charge in [-0.2, -0.15) is 5.10 Å². The second-order valence-corrected chi connectivity index (χ2v) is 9.05. The second-order valence-electron chi connectivity index (χ2n) is 7.37. The predicted octanol–water partition coefficient (Wildman–Crippen LogP) is 3.86. The molecule has 0 radical (unpaired) electrons. The molecule has 0 aliphatic heterocycles. The largest absolute Gasteiger partial charge is 0.321 e. The van der Waals surface area contributed by atoms with Crippen molar-refractivity contribution in [2.24, 2.45) is 0 Å². The van der Waals surface area contributed by atoms with Crippen LogP contribution in [0.1, 0.15) is 23.8 Å². The highest BCUT2D eigenvalue weighted by molar-refractivity contribution is 7.92. The third kappa shape index (κ3) is 4.78. The topological polar surface area (TPSA) is 110 Å². The van der Waals surface area contributed by atoms with Gasteiger partial charge in [0.25, 0.3) is 21.5 Å². The van der Waals surface area contributed by atoms with E-state index < -0.39 is 15.9 Å². The Morgan fingerprint density at radius 3 is 2.18 bits per heavy atom. The predicted molar refractivity (Wildman–Crippen MR) is 128 cm³/mol. The number of carbonyl (C=O) groups excluding carboxylic acids is 1. The lowest BCUT2D eigenvalue weighted by Gasteiger charge is -2.11. The molecule has 2 N–H and O–H groups in total. The molecule has 0 atom stereocenters. The van der Waals surface area contributed by atoms with E-state index in [1.54, 1.807) is 54.6 Å². The molecule has 0 bridgehead atoms. The van der Waals surface area contributed by atoms with E-state index in [1.165, 1.54) is 28.9 Å². The van der Waals surface area contributed by atoms with Crippen LogP contribution in [-0.4, -0.2) is 24.1 Å². The van der Waals surface area contributed by atoms with Gasteiger partial charge in [-0.3, -0.25) is 14.3 Å². The Kier molecular flexibility index (Phi) is 6.23.